The van der Waals surface area contributed by atoms with Gasteiger partial charge in [-0.15, -0.1) is 0 Å². The lowest BCUT2D eigenvalue weighted by molar-refractivity contribution is -0.145. The van der Waals surface area contributed by atoms with E-state index in [1.165, 1.54) is 45.6 Å². The van der Waals surface area contributed by atoms with Crippen LogP contribution in [0.1, 0.15) is 121 Å². The lowest BCUT2D eigenvalue weighted by Gasteiger charge is -2.26. The Hall–Kier alpha value is -9.96. The van der Waals surface area contributed by atoms with Gasteiger partial charge in [-0.3, -0.25) is 38.6 Å². The Labute approximate surface area is 561 Å². The molecule has 2 atom stereocenters. The van der Waals surface area contributed by atoms with Gasteiger partial charge in [-0.25, -0.2) is 0 Å². The lowest BCUT2D eigenvalue weighted by Crippen LogP contribution is -2.16. The second-order valence-corrected chi connectivity index (χ2v) is 24.5. The molecule has 2 aliphatic carbocycles. The molecule has 25 nitrogen and oxygen atoms in total. The molecule has 0 amide bonds. The van der Waals surface area contributed by atoms with Crippen LogP contribution in [0.4, 0.5) is 0 Å². The molecule has 0 aromatic heterocycles. The number of ether oxygens (including phenoxy) is 6. The zero-order chi connectivity index (χ0) is 71.3. The van der Waals surface area contributed by atoms with Crippen molar-refractivity contribution in [3.8, 4) is 34.5 Å². The molecule has 10 aromatic rings. The van der Waals surface area contributed by atoms with Crippen molar-refractivity contribution in [1.29, 1.82) is 0 Å². The summed E-state index contributed by atoms with van der Waals surface area (Å²) < 4.78 is 32.5. The summed E-state index contributed by atoms with van der Waals surface area (Å²) in [7, 11) is 4.18. The first-order valence-corrected chi connectivity index (χ1v) is 32.0. The number of phenolic OH excluding ortho intramolecular Hbond substituents is 4. The third kappa shape index (κ3) is 11.5. The number of hydrogen-bond acceptors (Lipinski definition) is 25. The van der Waals surface area contributed by atoms with Gasteiger partial charge in [0.1, 0.15) is 37.4 Å². The van der Waals surface area contributed by atoms with E-state index >= 15 is 0 Å². The molecular weight excluding hydrogens is 1290 g/mol. The first-order chi connectivity index (χ1) is 47.6. The van der Waals surface area contributed by atoms with Gasteiger partial charge in [0.15, 0.2) is 44.7 Å². The zero-order valence-corrected chi connectivity index (χ0v) is 55.0. The molecule has 0 saturated carbocycles. The highest BCUT2D eigenvalue weighted by molar-refractivity contribution is 6.40. The number of aliphatic hydroxyl groups excluding tert-OH is 7. The molecule has 0 radical (unpaired) electrons. The number of rotatable bonds is 25. The van der Waals surface area contributed by atoms with Gasteiger partial charge in [0.05, 0.1) is 88.4 Å². The number of aliphatic hydroxyl groups is 7. The van der Waals surface area contributed by atoms with Gasteiger partial charge in [-0.05, 0) is 147 Å². The number of nitrogens with zero attached hydrogens (tertiary/aromatic N) is 1. The van der Waals surface area contributed by atoms with Crippen LogP contribution < -0.4 is 31.2 Å². The predicted molar refractivity (Wildman–Crippen MR) is 369 cm³/mol. The molecule has 0 aliphatic heterocycles. The van der Waals surface area contributed by atoms with Crippen molar-refractivity contribution in [3.05, 3.63) is 132 Å². The molecular formula is C74H73NO24. The second kappa shape index (κ2) is 28.5. The van der Waals surface area contributed by atoms with E-state index in [0.29, 0.717) is 104 Å². The fourth-order valence-electron chi connectivity index (χ4n) is 15.2. The molecule has 2 unspecified atom stereocenters. The topological polar surface area (TPSA) is 410 Å². The molecule has 0 bridgehead atoms. The van der Waals surface area contributed by atoms with Crippen molar-refractivity contribution in [2.24, 2.45) is 4.99 Å². The largest absolute Gasteiger partial charge is 0.507 e. The Morgan fingerprint density at radius 2 is 0.778 bits per heavy atom. The monoisotopic (exact) mass is 1360 g/mol. The Morgan fingerprint density at radius 1 is 0.434 bits per heavy atom. The molecule has 0 saturated heterocycles. The summed E-state index contributed by atoms with van der Waals surface area (Å²) >= 11 is 0. The molecule has 518 valence electrons. The van der Waals surface area contributed by atoms with E-state index in [-0.39, 0.29) is 169 Å². The Kier molecular flexibility index (Phi) is 20.2. The average molecular weight is 1360 g/mol. The highest BCUT2D eigenvalue weighted by Gasteiger charge is 2.39. The van der Waals surface area contributed by atoms with Crippen molar-refractivity contribution >= 4 is 122 Å². The number of esters is 3. The Bertz CT molecular complexity index is 5310. The smallest absolute Gasteiger partial charge is 0.307 e. The fraction of sp³-hybridized carbons (Fsp3) is 0.351. The number of fused-ring (bicyclic) bond motifs is 2. The number of allylic oxidation sites excluding steroid dienone is 1. The van der Waals surface area contributed by atoms with E-state index < -0.39 is 89.6 Å². The van der Waals surface area contributed by atoms with E-state index in [2.05, 4.69) is 0 Å². The molecule has 0 fully saturated rings. The third-order valence-corrected chi connectivity index (χ3v) is 18.9. The molecule has 11 N–H and O–H groups in total. The molecule has 99 heavy (non-hydrogen) atoms. The Balaban J connectivity index is 0.000000203. The normalized spacial score (nSPS) is 14.5. The number of aliphatic imine (C=N–C) groups is 1. The van der Waals surface area contributed by atoms with E-state index in [0.717, 1.165) is 0 Å². The minimum Gasteiger partial charge on any atom is -0.507 e. The summed E-state index contributed by atoms with van der Waals surface area (Å²) in [5, 5.41) is 121. The van der Waals surface area contributed by atoms with Gasteiger partial charge < -0.3 is 84.6 Å². The molecule has 12 rings (SSSR count). The summed E-state index contributed by atoms with van der Waals surface area (Å²) in [6, 6.07) is 4.84. The summed E-state index contributed by atoms with van der Waals surface area (Å²) in [4.78, 5) is 96.8. The zero-order valence-electron chi connectivity index (χ0n) is 55.0. The number of aromatic hydroxyl groups is 4. The van der Waals surface area contributed by atoms with Crippen LogP contribution in [-0.4, -0.2) is 147 Å². The van der Waals surface area contributed by atoms with Gasteiger partial charge >= 0.3 is 17.9 Å². The third-order valence-electron chi connectivity index (χ3n) is 18.9. The maximum atomic E-state index is 14.0. The summed E-state index contributed by atoms with van der Waals surface area (Å²) in [5.41, 5.74) is 2.70. The maximum absolute atomic E-state index is 14.0. The number of hydrogen-bond donors (Lipinski definition) is 11. The summed E-state index contributed by atoms with van der Waals surface area (Å²) in [6.07, 6.45) is 3.33. The van der Waals surface area contributed by atoms with Crippen molar-refractivity contribution in [2.45, 2.75) is 104 Å². The summed E-state index contributed by atoms with van der Waals surface area (Å²) in [5.74, 6) is -3.95. The van der Waals surface area contributed by atoms with Gasteiger partial charge in [-0.1, -0.05) is 17.7 Å². The minimum absolute atomic E-state index is 0.00302. The van der Waals surface area contributed by atoms with Crippen LogP contribution in [0, 0.1) is 0 Å². The van der Waals surface area contributed by atoms with Crippen molar-refractivity contribution in [3.63, 3.8) is 0 Å². The average Bonchev–Trinajstić information content (AvgIpc) is 1.66. The lowest BCUT2D eigenvalue weighted by atomic mass is 9.78. The molecule has 2 aliphatic rings. The van der Waals surface area contributed by atoms with Crippen LogP contribution >= 0.6 is 0 Å². The van der Waals surface area contributed by atoms with Crippen LogP contribution in [0.25, 0.3) is 98.3 Å². The number of carbonyl (C=O) groups excluding carboxylic acids is 3. The standard InChI is InChI=1S/C40H41NO13.C34H32O11/c1-18-13-23-22(5-4-6-26(48)53-11-9-42)38(50)32-24(46)14-20(16-44)29-30-21(17-45)15-25(47)33-35(30)36(31(23)34(29)32)37(40(52-3)39(33)51)28(18)19(2)41-8-7-27(49)54-12-10-43;1-14-9-18-17(5-4-6-21(40)45-8-7-35)31(41)25-19(38)10-15(12-36)22-23-16(13-37)11-20(39)26-28(23)29(24(18)27(22)25)30(33(14)43-2)34(44-3)32(26)42/h13-15,28,42-45,50-51H,4-12,16-17H2,1-3H3;9-11,33,35-37,41-42H,4-8,12-13H2,1-3H3. The molecule has 10 aromatic carbocycles. The summed E-state index contributed by atoms with van der Waals surface area (Å²) in [6.45, 7) is 1.60. The number of methoxy groups -OCH3 is 3. The van der Waals surface area contributed by atoms with Crippen molar-refractivity contribution in [1.82, 2.24) is 0 Å². The van der Waals surface area contributed by atoms with Gasteiger partial charge in [0.2, 0.25) is 0 Å². The van der Waals surface area contributed by atoms with E-state index in [9.17, 15) is 74.4 Å². The number of phenols is 4. The van der Waals surface area contributed by atoms with Crippen LogP contribution in [0.15, 0.2) is 59.6 Å². The fourth-order valence-corrected chi connectivity index (χ4v) is 15.2. The highest BCUT2D eigenvalue weighted by Crippen LogP contribution is 2.59. The Morgan fingerprint density at radius 3 is 1.14 bits per heavy atom. The maximum Gasteiger partial charge on any atom is 0.307 e. The highest BCUT2D eigenvalue weighted by atomic mass is 16.5. The van der Waals surface area contributed by atoms with Gasteiger partial charge in [-0.2, -0.15) is 0 Å². The van der Waals surface area contributed by atoms with Crippen molar-refractivity contribution in [2.75, 3.05) is 67.5 Å². The molecule has 25 heteroatoms. The van der Waals surface area contributed by atoms with Crippen LogP contribution in [0.2, 0.25) is 0 Å². The number of benzene rings is 10. The van der Waals surface area contributed by atoms with Gasteiger partial charge in [0, 0.05) is 87.3 Å². The van der Waals surface area contributed by atoms with Crippen LogP contribution in [0.5, 0.6) is 34.5 Å². The SMILES string of the molecule is COc1c(O)c2c(=O)cc(CO)c3c4c(CO)cc(=O)c5c(O)c(CCCC(=O)OCCO)c6c(c(c1C(C(C)=NCCC(=O)OCCO)C(C)=C6)c23)c54.COc1c(O)c2c(=O)cc(CO)c3c4c(CO)cc(=O)c5c(O)c(CCCC(=O)OCCO)c6c(c(c1C(OC)C(C)=C6)c23)c54. The molecule has 0 spiro atoms. The van der Waals surface area contributed by atoms with E-state index in [1.54, 1.807) is 13.8 Å². The van der Waals surface area contributed by atoms with Crippen LogP contribution in [0.3, 0.4) is 0 Å². The number of carbonyl (C=O) groups is 3. The molecule has 0 heterocycles. The minimum atomic E-state index is -0.800. The van der Waals surface area contributed by atoms with Crippen molar-refractivity contribution < 1.29 is 99.0 Å². The van der Waals surface area contributed by atoms with Gasteiger partial charge in [0.25, 0.3) is 0 Å². The van der Waals surface area contributed by atoms with Crippen LogP contribution in [-0.2, 0) is 72.6 Å². The first-order valence-electron chi connectivity index (χ1n) is 32.0. The predicted octanol–water partition coefficient (Wildman–Crippen LogP) is 6.31. The van der Waals surface area contributed by atoms with E-state index in [4.69, 9.17) is 48.7 Å². The van der Waals surface area contributed by atoms with E-state index in [1.807, 2.05) is 19.1 Å². The quantitative estimate of drug-likeness (QED) is 0.00981. The first kappa shape index (κ1) is 70.4. The second-order valence-electron chi connectivity index (χ2n) is 24.5.